The molecule has 2 aromatic rings. The Morgan fingerprint density at radius 1 is 1.18 bits per heavy atom. The lowest BCUT2D eigenvalue weighted by atomic mass is 10.1. The van der Waals surface area contributed by atoms with Crippen molar-refractivity contribution in [1.82, 2.24) is 0 Å². The molecule has 0 fully saturated rings. The highest BCUT2D eigenvalue weighted by molar-refractivity contribution is 7.18. The van der Waals surface area contributed by atoms with Gasteiger partial charge in [0.15, 0.2) is 11.6 Å². The molecule has 0 aliphatic rings. The highest BCUT2D eigenvalue weighted by atomic mass is 35.5. The average Bonchev–Trinajstić information content (AvgIpc) is 2.72. The van der Waals surface area contributed by atoms with E-state index in [9.17, 15) is 13.6 Å². The van der Waals surface area contributed by atoms with Crippen molar-refractivity contribution in [2.75, 3.05) is 0 Å². The number of ketones is 1. The molecule has 1 aromatic heterocycles. The van der Waals surface area contributed by atoms with Gasteiger partial charge in [-0.1, -0.05) is 17.7 Å². The Bertz CT molecular complexity index is 592. The van der Waals surface area contributed by atoms with Gasteiger partial charge in [0.05, 0.1) is 14.8 Å². The molecule has 5 heteroatoms. The van der Waals surface area contributed by atoms with Gasteiger partial charge in [-0.05, 0) is 30.7 Å². The first-order valence-electron chi connectivity index (χ1n) is 4.75. The minimum absolute atomic E-state index is 0.170. The van der Waals surface area contributed by atoms with Crippen molar-refractivity contribution in [3.05, 3.63) is 56.2 Å². The average molecular weight is 273 g/mol. The van der Waals surface area contributed by atoms with Crippen LogP contribution in [0, 0.1) is 18.6 Å². The topological polar surface area (TPSA) is 17.1 Å². The van der Waals surface area contributed by atoms with Crippen LogP contribution in [0.2, 0.25) is 4.34 Å². The second-order valence-electron chi connectivity index (χ2n) is 3.49. The van der Waals surface area contributed by atoms with Gasteiger partial charge in [0, 0.05) is 0 Å². The standard InChI is InChI=1S/C12H7ClF2OS/c1-6-2-3-7(11(15)10(6)14)12(16)8-4-5-9(13)17-8/h2-5H,1H3. The van der Waals surface area contributed by atoms with Crippen LogP contribution in [0.15, 0.2) is 24.3 Å². The molecule has 17 heavy (non-hydrogen) atoms. The summed E-state index contributed by atoms with van der Waals surface area (Å²) in [6.45, 7) is 1.44. The van der Waals surface area contributed by atoms with Gasteiger partial charge >= 0.3 is 0 Å². The van der Waals surface area contributed by atoms with Gasteiger partial charge in [-0.2, -0.15) is 0 Å². The molecule has 0 N–H and O–H groups in total. The summed E-state index contributed by atoms with van der Waals surface area (Å²) in [7, 11) is 0. The number of halogens is 3. The largest absolute Gasteiger partial charge is 0.288 e. The van der Waals surface area contributed by atoms with Crippen molar-refractivity contribution < 1.29 is 13.6 Å². The van der Waals surface area contributed by atoms with Gasteiger partial charge < -0.3 is 0 Å². The van der Waals surface area contributed by atoms with Gasteiger partial charge in [0.2, 0.25) is 5.78 Å². The van der Waals surface area contributed by atoms with Crippen molar-refractivity contribution in [3.8, 4) is 0 Å². The van der Waals surface area contributed by atoms with Crippen LogP contribution >= 0.6 is 22.9 Å². The van der Waals surface area contributed by atoms with Crippen LogP contribution in [0.25, 0.3) is 0 Å². The van der Waals surface area contributed by atoms with Crippen LogP contribution in [-0.4, -0.2) is 5.78 Å². The fourth-order valence-electron chi connectivity index (χ4n) is 1.39. The number of benzene rings is 1. The summed E-state index contributed by atoms with van der Waals surface area (Å²) in [4.78, 5) is 12.2. The van der Waals surface area contributed by atoms with E-state index in [1.54, 1.807) is 6.07 Å². The number of hydrogen-bond acceptors (Lipinski definition) is 2. The summed E-state index contributed by atoms with van der Waals surface area (Å²) in [6.07, 6.45) is 0. The molecule has 0 saturated heterocycles. The zero-order chi connectivity index (χ0) is 12.6. The van der Waals surface area contributed by atoms with E-state index in [0.29, 0.717) is 4.34 Å². The van der Waals surface area contributed by atoms with Crippen molar-refractivity contribution in [1.29, 1.82) is 0 Å². The van der Waals surface area contributed by atoms with Crippen LogP contribution < -0.4 is 0 Å². The quantitative estimate of drug-likeness (QED) is 0.748. The fraction of sp³-hybridized carbons (Fsp3) is 0.0833. The third-order valence-corrected chi connectivity index (χ3v) is 3.55. The van der Waals surface area contributed by atoms with Crippen molar-refractivity contribution in [2.24, 2.45) is 0 Å². The Kier molecular flexibility index (Phi) is 3.26. The smallest absolute Gasteiger partial charge is 0.206 e. The van der Waals surface area contributed by atoms with Gasteiger partial charge in [0.1, 0.15) is 0 Å². The van der Waals surface area contributed by atoms with Crippen molar-refractivity contribution in [2.45, 2.75) is 6.92 Å². The molecule has 0 bridgehead atoms. The Morgan fingerprint density at radius 3 is 2.47 bits per heavy atom. The molecule has 1 aromatic carbocycles. The molecule has 0 amide bonds. The predicted octanol–water partition coefficient (Wildman–Crippen LogP) is 4.22. The van der Waals surface area contributed by atoms with Crippen molar-refractivity contribution >= 4 is 28.7 Å². The maximum atomic E-state index is 13.6. The van der Waals surface area contributed by atoms with E-state index in [2.05, 4.69) is 0 Å². The van der Waals surface area contributed by atoms with Crippen molar-refractivity contribution in [3.63, 3.8) is 0 Å². The molecule has 0 radical (unpaired) electrons. The molecule has 0 saturated carbocycles. The molecule has 1 nitrogen and oxygen atoms in total. The van der Waals surface area contributed by atoms with Gasteiger partial charge in [0.25, 0.3) is 0 Å². The fourth-order valence-corrected chi connectivity index (χ4v) is 2.39. The molecule has 1 heterocycles. The molecule has 88 valence electrons. The molecular formula is C12H7ClF2OS. The number of thiophene rings is 1. The summed E-state index contributed by atoms with van der Waals surface area (Å²) in [6, 6.07) is 5.69. The van der Waals surface area contributed by atoms with Crippen LogP contribution in [0.1, 0.15) is 20.8 Å². The maximum Gasteiger partial charge on any atom is 0.206 e. The lowest BCUT2D eigenvalue weighted by molar-refractivity contribution is 0.103. The zero-order valence-corrected chi connectivity index (χ0v) is 10.3. The van der Waals surface area contributed by atoms with Gasteiger partial charge in [-0.3, -0.25) is 4.79 Å². The first-order chi connectivity index (χ1) is 8.00. The molecule has 0 atom stereocenters. The minimum Gasteiger partial charge on any atom is -0.288 e. The van der Waals surface area contributed by atoms with E-state index in [1.165, 1.54) is 25.1 Å². The first kappa shape index (κ1) is 12.2. The summed E-state index contributed by atoms with van der Waals surface area (Å²) in [5, 5.41) is 0. The molecule has 0 spiro atoms. The normalized spacial score (nSPS) is 10.6. The molecule has 2 rings (SSSR count). The van der Waals surface area contributed by atoms with E-state index in [1.807, 2.05) is 0 Å². The first-order valence-corrected chi connectivity index (χ1v) is 5.95. The number of carbonyl (C=O) groups is 1. The van der Waals surface area contributed by atoms with Crippen LogP contribution in [0.3, 0.4) is 0 Å². The van der Waals surface area contributed by atoms with Gasteiger partial charge in [-0.15, -0.1) is 11.3 Å². The van der Waals surface area contributed by atoms with E-state index in [-0.39, 0.29) is 16.0 Å². The Balaban J connectivity index is 2.48. The van der Waals surface area contributed by atoms with E-state index in [0.717, 1.165) is 11.3 Å². The number of aryl methyl sites for hydroxylation is 1. The van der Waals surface area contributed by atoms with Gasteiger partial charge in [-0.25, -0.2) is 8.78 Å². The Morgan fingerprint density at radius 2 is 1.88 bits per heavy atom. The number of rotatable bonds is 2. The number of carbonyl (C=O) groups excluding carboxylic acids is 1. The maximum absolute atomic E-state index is 13.6. The minimum atomic E-state index is -1.11. The SMILES string of the molecule is Cc1ccc(C(=O)c2ccc(Cl)s2)c(F)c1F. The summed E-state index contributed by atoms with van der Waals surface area (Å²) in [5.74, 6) is -2.66. The molecule has 0 aliphatic heterocycles. The second kappa shape index (κ2) is 4.55. The molecule has 0 aliphatic carbocycles. The monoisotopic (exact) mass is 272 g/mol. The zero-order valence-electron chi connectivity index (χ0n) is 8.76. The molecular weight excluding hydrogens is 266 g/mol. The van der Waals surface area contributed by atoms with E-state index >= 15 is 0 Å². The van der Waals surface area contributed by atoms with Crippen LogP contribution in [-0.2, 0) is 0 Å². The Labute approximate surface area is 106 Å². The Hall–Kier alpha value is -1.26. The van der Waals surface area contributed by atoms with Crippen LogP contribution in [0.4, 0.5) is 8.78 Å². The highest BCUT2D eigenvalue weighted by Gasteiger charge is 2.19. The number of hydrogen-bond donors (Lipinski definition) is 0. The third kappa shape index (κ3) is 2.23. The summed E-state index contributed by atoms with van der Waals surface area (Å²) < 4.78 is 27.3. The highest BCUT2D eigenvalue weighted by Crippen LogP contribution is 2.26. The molecule has 0 unspecified atom stereocenters. The van der Waals surface area contributed by atoms with E-state index < -0.39 is 17.4 Å². The third-order valence-electron chi connectivity index (χ3n) is 2.32. The van der Waals surface area contributed by atoms with Crippen LogP contribution in [0.5, 0.6) is 0 Å². The lowest BCUT2D eigenvalue weighted by Crippen LogP contribution is -2.05. The van der Waals surface area contributed by atoms with E-state index in [4.69, 9.17) is 11.6 Å². The second-order valence-corrected chi connectivity index (χ2v) is 5.21. The lowest BCUT2D eigenvalue weighted by Gasteiger charge is -2.03. The predicted molar refractivity (Wildman–Crippen MR) is 63.9 cm³/mol. The summed E-state index contributed by atoms with van der Waals surface area (Å²) >= 11 is 6.72. The summed E-state index contributed by atoms with van der Waals surface area (Å²) in [5.41, 5.74) is -0.102.